The SMILES string of the molecule is CC1CC=Cc2c1sc1ccc(N(c3cc(-c4ccccc4)c4c(c3)oc3ccccc34)c3cccc4c3-c3ccc(N(c5ccccc5)c5cc(-c6ccc7ccccc7c6)c6oc7c(c6c5)CCC=C7)cc3C43c4ccccc4Sc4ccccc43)cc21. The highest BCUT2D eigenvalue weighted by Gasteiger charge is 2.51. The summed E-state index contributed by atoms with van der Waals surface area (Å²) in [6.07, 6.45) is 12.1. The molecule has 0 N–H and O–H groups in total. The molecule has 4 heterocycles. The molecule has 90 heavy (non-hydrogen) atoms. The Morgan fingerprint density at radius 3 is 2.02 bits per heavy atom. The molecule has 1 spiro atoms. The summed E-state index contributed by atoms with van der Waals surface area (Å²) in [4.78, 5) is 9.00. The molecule has 1 aliphatic heterocycles. The van der Waals surface area contributed by atoms with Gasteiger partial charge >= 0.3 is 0 Å². The Morgan fingerprint density at radius 1 is 0.456 bits per heavy atom. The van der Waals surface area contributed by atoms with E-state index in [1.54, 1.807) is 0 Å². The van der Waals surface area contributed by atoms with Crippen LogP contribution < -0.4 is 9.80 Å². The maximum atomic E-state index is 6.99. The normalized spacial score (nSPS) is 14.9. The highest BCUT2D eigenvalue weighted by Crippen LogP contribution is 2.65. The zero-order chi connectivity index (χ0) is 59.2. The number of nitrogens with zero attached hydrogens (tertiary/aromatic N) is 2. The van der Waals surface area contributed by atoms with Gasteiger partial charge in [-0.25, -0.2) is 0 Å². The van der Waals surface area contributed by atoms with Crippen LogP contribution in [-0.2, 0) is 11.8 Å². The quantitative estimate of drug-likeness (QED) is 0.151. The van der Waals surface area contributed by atoms with E-state index in [2.05, 4.69) is 296 Å². The van der Waals surface area contributed by atoms with Crippen molar-refractivity contribution in [3.05, 3.63) is 311 Å². The monoisotopic (exact) mass is 1190 g/mol. The topological polar surface area (TPSA) is 32.8 Å². The molecule has 12 aromatic carbocycles. The van der Waals surface area contributed by atoms with Crippen molar-refractivity contribution in [3.8, 4) is 33.4 Å². The van der Waals surface area contributed by atoms with Crippen molar-refractivity contribution in [2.45, 2.75) is 47.3 Å². The molecule has 0 bridgehead atoms. The standard InChI is InChI=1S/C84H56N2O2S2/c1-51-20-18-29-62-67-45-57(41-43-77(67)90-83(51)62)86(60-46-65(53-22-4-2-5-23-53)80-64-28-11-15-35-75(64)87-76(80)50-60)73-33-19-32-71-81(73)63-42-40-58(49-72(63)84(71)69-30-12-16-36-78(69)89-79-37-17-13-31-70(79)84)85(56-25-6-3-7-26-56)59-47-66(55-39-38-52-21-8-9-24-54(52)44-55)82-68(48-59)61-27-10-14-34-74(61)88-82/h2-9,11-19,21-26,28-51H,10,20,27H2,1H3. The first-order valence-electron chi connectivity index (χ1n) is 31.3. The zero-order valence-electron chi connectivity index (χ0n) is 49.3. The summed E-state index contributed by atoms with van der Waals surface area (Å²) < 4.78 is 15.3. The van der Waals surface area contributed by atoms with Crippen molar-refractivity contribution in [3.63, 3.8) is 0 Å². The minimum Gasteiger partial charge on any atom is -0.456 e. The van der Waals surface area contributed by atoms with Crippen LogP contribution in [-0.4, -0.2) is 0 Å². The fraction of sp³-hybridized carbons (Fsp3) is 0.0714. The summed E-state index contributed by atoms with van der Waals surface area (Å²) in [5.41, 5.74) is 22.8. The molecule has 4 nitrogen and oxygen atoms in total. The molecule has 0 saturated heterocycles. The number of hydrogen-bond donors (Lipinski definition) is 0. The molecule has 0 fully saturated rings. The van der Waals surface area contributed by atoms with Gasteiger partial charge in [0, 0.05) is 86.4 Å². The Morgan fingerprint density at radius 2 is 1.17 bits per heavy atom. The number of para-hydroxylation sites is 2. The first-order valence-corrected chi connectivity index (χ1v) is 32.9. The largest absolute Gasteiger partial charge is 0.456 e. The number of anilines is 6. The maximum absolute atomic E-state index is 6.99. The van der Waals surface area contributed by atoms with Crippen LogP contribution in [0.25, 0.3) is 99.3 Å². The molecule has 6 heteroatoms. The minimum absolute atomic E-state index is 0.459. The molecule has 1 atom stereocenters. The molecule has 19 rings (SSSR count). The first kappa shape index (κ1) is 51.7. The van der Waals surface area contributed by atoms with Gasteiger partial charge in [0.2, 0.25) is 0 Å². The number of aryl methyl sites for hydroxylation is 1. The van der Waals surface area contributed by atoms with Crippen LogP contribution in [0.5, 0.6) is 0 Å². The van der Waals surface area contributed by atoms with Crippen LogP contribution in [0, 0.1) is 0 Å². The average Bonchev–Trinajstić information content (AvgIpc) is 1.49. The lowest BCUT2D eigenvalue weighted by Crippen LogP contribution is -2.32. The van der Waals surface area contributed by atoms with E-state index in [1.165, 1.54) is 80.0 Å². The molecule has 3 aliphatic carbocycles. The maximum Gasteiger partial charge on any atom is 0.143 e. The van der Waals surface area contributed by atoms with Crippen molar-refractivity contribution >= 4 is 123 Å². The second-order valence-corrected chi connectivity index (χ2v) is 26.7. The Hall–Kier alpha value is -10.4. The van der Waals surface area contributed by atoms with Crippen molar-refractivity contribution < 1.29 is 8.83 Å². The van der Waals surface area contributed by atoms with Crippen molar-refractivity contribution in [1.29, 1.82) is 0 Å². The fourth-order valence-electron chi connectivity index (χ4n) is 15.6. The van der Waals surface area contributed by atoms with Crippen molar-refractivity contribution in [1.82, 2.24) is 0 Å². The summed E-state index contributed by atoms with van der Waals surface area (Å²) >= 11 is 3.83. The van der Waals surface area contributed by atoms with Gasteiger partial charge in [-0.2, -0.15) is 0 Å². The number of thiophene rings is 1. The molecular weight excluding hydrogens is 1130 g/mol. The zero-order valence-corrected chi connectivity index (χ0v) is 50.9. The van der Waals surface area contributed by atoms with E-state index in [4.69, 9.17) is 8.83 Å². The van der Waals surface area contributed by atoms with Gasteiger partial charge in [0.25, 0.3) is 0 Å². The van der Waals surface area contributed by atoms with Gasteiger partial charge in [-0.15, -0.1) is 11.3 Å². The van der Waals surface area contributed by atoms with Crippen LogP contribution in [0.1, 0.15) is 69.7 Å². The molecule has 0 saturated carbocycles. The van der Waals surface area contributed by atoms with Gasteiger partial charge in [-0.05, 0) is 183 Å². The van der Waals surface area contributed by atoms with Gasteiger partial charge < -0.3 is 18.6 Å². The van der Waals surface area contributed by atoms with E-state index in [1.807, 2.05) is 23.1 Å². The first-order chi connectivity index (χ1) is 44.5. The van der Waals surface area contributed by atoms with E-state index in [0.717, 1.165) is 114 Å². The number of rotatable bonds is 8. The third-order valence-electron chi connectivity index (χ3n) is 19.5. The molecule has 15 aromatic rings. The Balaban J connectivity index is 0.899. The molecule has 1 unspecified atom stereocenters. The molecule has 426 valence electrons. The third-order valence-corrected chi connectivity index (χ3v) is 22.1. The highest BCUT2D eigenvalue weighted by atomic mass is 32.2. The number of hydrogen-bond acceptors (Lipinski definition) is 6. The molecule has 0 radical (unpaired) electrons. The Kier molecular flexibility index (Phi) is 11.5. The highest BCUT2D eigenvalue weighted by molar-refractivity contribution is 7.99. The summed E-state index contributed by atoms with van der Waals surface area (Å²) in [7, 11) is 0. The number of fused-ring (bicyclic) bond motifs is 19. The number of benzene rings is 12. The van der Waals surface area contributed by atoms with Gasteiger partial charge in [0.05, 0.1) is 16.8 Å². The number of furan rings is 2. The predicted molar refractivity (Wildman–Crippen MR) is 377 cm³/mol. The van der Waals surface area contributed by atoms with E-state index >= 15 is 0 Å². The Labute approximate surface area is 529 Å². The lowest BCUT2D eigenvalue weighted by molar-refractivity contribution is 0.596. The molecule has 3 aromatic heterocycles. The molecular formula is C84H56N2O2S2. The van der Waals surface area contributed by atoms with E-state index in [9.17, 15) is 0 Å². The average molecular weight is 1190 g/mol. The van der Waals surface area contributed by atoms with Crippen LogP contribution in [0.3, 0.4) is 0 Å². The summed E-state index contributed by atoms with van der Waals surface area (Å²) in [6, 6.07) is 95.3. The predicted octanol–water partition coefficient (Wildman–Crippen LogP) is 24.3. The summed E-state index contributed by atoms with van der Waals surface area (Å²) in [5.74, 6) is 1.41. The Bertz CT molecular complexity index is 5500. The van der Waals surface area contributed by atoms with Crippen LogP contribution in [0.15, 0.2) is 286 Å². The van der Waals surface area contributed by atoms with E-state index < -0.39 is 5.41 Å². The second kappa shape index (κ2) is 20.1. The van der Waals surface area contributed by atoms with Gasteiger partial charge in [-0.1, -0.05) is 195 Å². The van der Waals surface area contributed by atoms with Crippen molar-refractivity contribution in [2.24, 2.45) is 0 Å². The fourth-order valence-corrected chi connectivity index (χ4v) is 18.0. The van der Waals surface area contributed by atoms with Crippen LogP contribution >= 0.6 is 23.1 Å². The summed E-state index contributed by atoms with van der Waals surface area (Å²) in [5, 5.41) is 7.06. The van der Waals surface area contributed by atoms with Crippen LogP contribution in [0.4, 0.5) is 34.1 Å². The summed E-state index contributed by atoms with van der Waals surface area (Å²) in [6.45, 7) is 2.37. The molecule has 4 aliphatic rings. The van der Waals surface area contributed by atoms with Crippen molar-refractivity contribution in [2.75, 3.05) is 9.80 Å². The van der Waals surface area contributed by atoms with Crippen LogP contribution in [0.2, 0.25) is 0 Å². The lowest BCUT2D eigenvalue weighted by atomic mass is 9.67. The van der Waals surface area contributed by atoms with Gasteiger partial charge in [0.1, 0.15) is 22.5 Å². The number of allylic oxidation sites excluding steroid dienone is 2. The minimum atomic E-state index is -0.728. The lowest BCUT2D eigenvalue weighted by Gasteiger charge is -2.40. The second-order valence-electron chi connectivity index (χ2n) is 24.5. The third kappa shape index (κ3) is 7.68. The van der Waals surface area contributed by atoms with E-state index in [-0.39, 0.29) is 0 Å². The molecule has 0 amide bonds. The van der Waals surface area contributed by atoms with Gasteiger partial charge in [-0.3, -0.25) is 0 Å². The smallest absolute Gasteiger partial charge is 0.143 e. The van der Waals surface area contributed by atoms with Gasteiger partial charge in [0.15, 0.2) is 0 Å². The van der Waals surface area contributed by atoms with E-state index in [0.29, 0.717) is 5.92 Å².